The third kappa shape index (κ3) is 1.79. The summed E-state index contributed by atoms with van der Waals surface area (Å²) in [6, 6.07) is 10.5. The van der Waals surface area contributed by atoms with E-state index in [1.807, 2.05) is 18.2 Å². The molecule has 2 aliphatic rings. The molecule has 0 N–H and O–H groups in total. The fourth-order valence-corrected chi connectivity index (χ4v) is 4.02. The van der Waals surface area contributed by atoms with Crippen molar-refractivity contribution >= 4 is 0 Å². The molecular weight excluding hydrogens is 222 g/mol. The van der Waals surface area contributed by atoms with E-state index in [4.69, 9.17) is 4.74 Å². The topological polar surface area (TPSA) is 33.0 Å². The first-order valence-corrected chi connectivity index (χ1v) is 6.86. The maximum Gasteiger partial charge on any atom is 0.123 e. The van der Waals surface area contributed by atoms with Crippen LogP contribution < -0.4 is 4.74 Å². The number of methoxy groups -OCH3 is 1. The Morgan fingerprint density at radius 1 is 1.28 bits per heavy atom. The predicted octanol–water partition coefficient (Wildman–Crippen LogP) is 3.74. The van der Waals surface area contributed by atoms with Crippen molar-refractivity contribution in [2.75, 3.05) is 7.11 Å². The van der Waals surface area contributed by atoms with Gasteiger partial charge >= 0.3 is 0 Å². The molecule has 0 saturated heterocycles. The maximum atomic E-state index is 9.58. The number of para-hydroxylation sites is 1. The summed E-state index contributed by atoms with van der Waals surface area (Å²) in [5, 5.41) is 9.58. The van der Waals surface area contributed by atoms with Crippen molar-refractivity contribution in [2.24, 2.45) is 17.8 Å². The van der Waals surface area contributed by atoms with E-state index in [9.17, 15) is 5.26 Å². The Kier molecular flexibility index (Phi) is 2.99. The highest BCUT2D eigenvalue weighted by atomic mass is 16.5. The normalized spacial score (nSPS) is 31.0. The Bertz CT molecular complexity index is 476. The Balaban J connectivity index is 1.91. The molecule has 0 radical (unpaired) electrons. The van der Waals surface area contributed by atoms with Gasteiger partial charge in [-0.2, -0.15) is 5.26 Å². The van der Waals surface area contributed by atoms with Gasteiger partial charge in [0.25, 0.3) is 0 Å². The number of hydrogen-bond donors (Lipinski definition) is 0. The standard InChI is InChI=1S/C16H19NO/c1-18-16-5-3-2-4-13(16)15(10-17)14-9-11-6-7-12(14)8-11/h2-5,11-12,14-15H,6-9H2,1H3. The zero-order chi connectivity index (χ0) is 12.5. The van der Waals surface area contributed by atoms with Crippen molar-refractivity contribution in [2.45, 2.75) is 31.6 Å². The van der Waals surface area contributed by atoms with Crippen molar-refractivity contribution in [1.29, 1.82) is 5.26 Å². The number of fused-ring (bicyclic) bond motifs is 2. The van der Waals surface area contributed by atoms with E-state index in [0.717, 1.165) is 23.1 Å². The third-order valence-electron chi connectivity index (χ3n) is 4.83. The summed E-state index contributed by atoms with van der Waals surface area (Å²) in [5.41, 5.74) is 1.08. The average Bonchev–Trinajstić information content (AvgIpc) is 3.03. The monoisotopic (exact) mass is 241 g/mol. The zero-order valence-electron chi connectivity index (χ0n) is 10.8. The first-order chi connectivity index (χ1) is 8.83. The Hall–Kier alpha value is -1.49. The van der Waals surface area contributed by atoms with Crippen LogP contribution in [0, 0.1) is 29.1 Å². The minimum atomic E-state index is 0.0106. The Labute approximate surface area is 109 Å². The second-order valence-corrected chi connectivity index (χ2v) is 5.69. The summed E-state index contributed by atoms with van der Waals surface area (Å²) < 4.78 is 5.42. The van der Waals surface area contributed by atoms with E-state index in [1.54, 1.807) is 7.11 Å². The predicted molar refractivity (Wildman–Crippen MR) is 70.3 cm³/mol. The van der Waals surface area contributed by atoms with Crippen molar-refractivity contribution in [1.82, 2.24) is 0 Å². The molecule has 4 unspecified atom stereocenters. The molecule has 1 aromatic carbocycles. The Morgan fingerprint density at radius 2 is 2.11 bits per heavy atom. The molecule has 94 valence electrons. The van der Waals surface area contributed by atoms with Crippen LogP contribution in [-0.2, 0) is 0 Å². The fourth-order valence-electron chi connectivity index (χ4n) is 4.02. The molecule has 2 heteroatoms. The van der Waals surface area contributed by atoms with Gasteiger partial charge in [-0.15, -0.1) is 0 Å². The molecule has 0 heterocycles. The SMILES string of the molecule is COc1ccccc1C(C#N)C1CC2CCC1C2. The molecule has 3 rings (SSSR count). The van der Waals surface area contributed by atoms with Gasteiger partial charge in [-0.25, -0.2) is 0 Å². The van der Waals surface area contributed by atoms with Gasteiger partial charge in [0.15, 0.2) is 0 Å². The van der Waals surface area contributed by atoms with E-state index in [1.165, 1.54) is 25.7 Å². The lowest BCUT2D eigenvalue weighted by molar-refractivity contribution is 0.305. The zero-order valence-corrected chi connectivity index (χ0v) is 10.8. The van der Waals surface area contributed by atoms with Crippen molar-refractivity contribution in [3.63, 3.8) is 0 Å². The molecule has 0 amide bonds. The van der Waals surface area contributed by atoms with Gasteiger partial charge in [0, 0.05) is 5.56 Å². The summed E-state index contributed by atoms with van der Waals surface area (Å²) >= 11 is 0. The molecule has 2 bridgehead atoms. The minimum Gasteiger partial charge on any atom is -0.496 e. The highest BCUT2D eigenvalue weighted by Crippen LogP contribution is 2.53. The molecule has 2 fully saturated rings. The molecule has 0 aliphatic heterocycles. The molecule has 2 aliphatic carbocycles. The van der Waals surface area contributed by atoms with Crippen molar-refractivity contribution in [3.8, 4) is 11.8 Å². The summed E-state index contributed by atoms with van der Waals surface area (Å²) in [6.45, 7) is 0. The van der Waals surface area contributed by atoms with Gasteiger partial charge in [0.2, 0.25) is 0 Å². The van der Waals surface area contributed by atoms with Crippen molar-refractivity contribution < 1.29 is 4.74 Å². The fraction of sp³-hybridized carbons (Fsp3) is 0.562. The average molecular weight is 241 g/mol. The molecule has 4 atom stereocenters. The second-order valence-electron chi connectivity index (χ2n) is 5.69. The lowest BCUT2D eigenvalue weighted by Gasteiger charge is -2.27. The summed E-state index contributed by atoms with van der Waals surface area (Å²) in [5.74, 6) is 3.07. The second kappa shape index (κ2) is 4.65. The van der Waals surface area contributed by atoms with Gasteiger partial charge in [-0.3, -0.25) is 0 Å². The highest BCUT2D eigenvalue weighted by molar-refractivity contribution is 5.40. The minimum absolute atomic E-state index is 0.0106. The largest absolute Gasteiger partial charge is 0.496 e. The quantitative estimate of drug-likeness (QED) is 0.807. The number of ether oxygens (including phenoxy) is 1. The number of rotatable bonds is 3. The molecule has 0 spiro atoms. The van der Waals surface area contributed by atoms with Gasteiger partial charge in [-0.05, 0) is 43.1 Å². The van der Waals surface area contributed by atoms with E-state index in [2.05, 4.69) is 12.1 Å². The van der Waals surface area contributed by atoms with Gasteiger partial charge in [0.1, 0.15) is 5.75 Å². The lowest BCUT2D eigenvalue weighted by Crippen LogP contribution is -2.18. The number of benzene rings is 1. The van der Waals surface area contributed by atoms with Crippen LogP contribution in [0.15, 0.2) is 24.3 Å². The van der Waals surface area contributed by atoms with Gasteiger partial charge < -0.3 is 4.74 Å². The van der Waals surface area contributed by atoms with Crippen LogP contribution in [0.3, 0.4) is 0 Å². The first kappa shape index (κ1) is 11.6. The first-order valence-electron chi connectivity index (χ1n) is 6.86. The van der Waals surface area contributed by atoms with Crippen LogP contribution in [0.5, 0.6) is 5.75 Å². The number of nitriles is 1. The highest BCUT2D eigenvalue weighted by Gasteiger charge is 2.44. The Morgan fingerprint density at radius 3 is 2.72 bits per heavy atom. The molecular formula is C16H19NO. The molecule has 0 aromatic heterocycles. The molecule has 18 heavy (non-hydrogen) atoms. The summed E-state index contributed by atoms with van der Waals surface area (Å²) in [6.07, 6.45) is 5.28. The van der Waals surface area contributed by atoms with Gasteiger partial charge in [0.05, 0.1) is 19.1 Å². The third-order valence-corrected chi connectivity index (χ3v) is 4.83. The van der Waals surface area contributed by atoms with Gasteiger partial charge in [-0.1, -0.05) is 24.6 Å². The molecule has 2 saturated carbocycles. The molecule has 2 nitrogen and oxygen atoms in total. The summed E-state index contributed by atoms with van der Waals surface area (Å²) in [7, 11) is 1.69. The van der Waals surface area contributed by atoms with Crippen LogP contribution in [0.1, 0.15) is 37.2 Å². The number of hydrogen-bond acceptors (Lipinski definition) is 2. The van der Waals surface area contributed by atoms with E-state index in [0.29, 0.717) is 5.92 Å². The molecule has 1 aromatic rings. The van der Waals surface area contributed by atoms with E-state index in [-0.39, 0.29) is 5.92 Å². The maximum absolute atomic E-state index is 9.58. The summed E-state index contributed by atoms with van der Waals surface area (Å²) in [4.78, 5) is 0. The van der Waals surface area contributed by atoms with E-state index < -0.39 is 0 Å². The van der Waals surface area contributed by atoms with Crippen LogP contribution in [-0.4, -0.2) is 7.11 Å². The smallest absolute Gasteiger partial charge is 0.123 e. The van der Waals surface area contributed by atoms with Crippen molar-refractivity contribution in [3.05, 3.63) is 29.8 Å². The van der Waals surface area contributed by atoms with Crippen LogP contribution in [0.2, 0.25) is 0 Å². The lowest BCUT2D eigenvalue weighted by atomic mass is 9.76. The van der Waals surface area contributed by atoms with Crippen LogP contribution in [0.25, 0.3) is 0 Å². The number of nitrogens with zero attached hydrogens (tertiary/aromatic N) is 1. The van der Waals surface area contributed by atoms with Crippen LogP contribution >= 0.6 is 0 Å². The van der Waals surface area contributed by atoms with E-state index >= 15 is 0 Å². The van der Waals surface area contributed by atoms with Crippen LogP contribution in [0.4, 0.5) is 0 Å².